The van der Waals surface area contributed by atoms with Crippen LogP contribution in [0.3, 0.4) is 0 Å². The van der Waals surface area contributed by atoms with Gasteiger partial charge in [-0.05, 0) is 50.5 Å². The Labute approximate surface area is 178 Å². The van der Waals surface area contributed by atoms with Crippen molar-refractivity contribution in [2.75, 3.05) is 26.9 Å². The van der Waals surface area contributed by atoms with E-state index in [0.717, 1.165) is 48.4 Å². The smallest absolute Gasteiger partial charge is 0.245 e. The van der Waals surface area contributed by atoms with Crippen molar-refractivity contribution in [1.29, 1.82) is 0 Å². The molecule has 6 nitrogen and oxygen atoms in total. The fraction of sp³-hybridized carbons (Fsp3) is 0.417. The molecule has 0 spiro atoms. The number of methoxy groups -OCH3 is 1. The van der Waals surface area contributed by atoms with Crippen LogP contribution in [0.15, 0.2) is 42.5 Å². The SMILES string of the molecule is COCC(=O)NCCCc1nc2ccccc2n1CCCOc1ccc(C)cc1C. The topological polar surface area (TPSA) is 65.4 Å². The minimum Gasteiger partial charge on any atom is -0.493 e. The fourth-order valence-corrected chi connectivity index (χ4v) is 3.59. The number of rotatable bonds is 11. The molecule has 3 aromatic rings. The Balaban J connectivity index is 1.58. The first kappa shape index (κ1) is 21.8. The Morgan fingerprint density at radius 3 is 2.77 bits per heavy atom. The van der Waals surface area contributed by atoms with Gasteiger partial charge in [0, 0.05) is 26.6 Å². The molecule has 1 aromatic heterocycles. The van der Waals surface area contributed by atoms with E-state index in [1.54, 1.807) is 0 Å². The van der Waals surface area contributed by atoms with E-state index in [0.29, 0.717) is 13.2 Å². The number of aryl methyl sites for hydroxylation is 4. The van der Waals surface area contributed by atoms with E-state index < -0.39 is 0 Å². The van der Waals surface area contributed by atoms with Gasteiger partial charge in [-0.3, -0.25) is 4.79 Å². The first-order chi connectivity index (χ1) is 14.6. The molecule has 0 saturated carbocycles. The zero-order valence-electron chi connectivity index (χ0n) is 18.1. The van der Waals surface area contributed by atoms with Crippen LogP contribution in [-0.4, -0.2) is 42.3 Å². The van der Waals surface area contributed by atoms with Gasteiger partial charge in [0.1, 0.15) is 18.2 Å². The monoisotopic (exact) mass is 409 g/mol. The first-order valence-electron chi connectivity index (χ1n) is 10.5. The number of nitrogens with zero attached hydrogens (tertiary/aromatic N) is 2. The number of hydrogen-bond donors (Lipinski definition) is 1. The molecule has 160 valence electrons. The number of ether oxygens (including phenoxy) is 2. The molecule has 6 heteroatoms. The summed E-state index contributed by atoms with van der Waals surface area (Å²) >= 11 is 0. The number of benzene rings is 2. The molecule has 0 aliphatic carbocycles. The third-order valence-electron chi connectivity index (χ3n) is 5.02. The number of carbonyl (C=O) groups is 1. The van der Waals surface area contributed by atoms with Gasteiger partial charge in [0.15, 0.2) is 0 Å². The predicted octanol–water partition coefficient (Wildman–Crippen LogP) is 3.82. The number of aromatic nitrogens is 2. The van der Waals surface area contributed by atoms with E-state index in [9.17, 15) is 4.79 Å². The zero-order valence-corrected chi connectivity index (χ0v) is 18.1. The van der Waals surface area contributed by atoms with Crippen molar-refractivity contribution in [3.63, 3.8) is 0 Å². The molecule has 30 heavy (non-hydrogen) atoms. The number of carbonyl (C=O) groups excluding carboxylic acids is 1. The van der Waals surface area contributed by atoms with Crippen LogP contribution in [-0.2, 0) is 22.5 Å². The minimum atomic E-state index is -0.0884. The Hall–Kier alpha value is -2.86. The lowest BCUT2D eigenvalue weighted by molar-refractivity contribution is -0.124. The van der Waals surface area contributed by atoms with E-state index in [4.69, 9.17) is 14.5 Å². The highest BCUT2D eigenvalue weighted by atomic mass is 16.5. The maximum Gasteiger partial charge on any atom is 0.245 e. The minimum absolute atomic E-state index is 0.0884. The first-order valence-corrected chi connectivity index (χ1v) is 10.5. The van der Waals surface area contributed by atoms with Crippen molar-refractivity contribution in [3.8, 4) is 5.75 Å². The highest BCUT2D eigenvalue weighted by molar-refractivity contribution is 5.77. The molecule has 0 saturated heterocycles. The van der Waals surface area contributed by atoms with Gasteiger partial charge in [-0.2, -0.15) is 0 Å². The summed E-state index contributed by atoms with van der Waals surface area (Å²) in [6.45, 7) is 6.38. The van der Waals surface area contributed by atoms with E-state index >= 15 is 0 Å². The molecule has 0 atom stereocenters. The van der Waals surface area contributed by atoms with Crippen LogP contribution in [0.1, 0.15) is 29.8 Å². The van der Waals surface area contributed by atoms with Crippen molar-refractivity contribution >= 4 is 16.9 Å². The van der Waals surface area contributed by atoms with Crippen LogP contribution in [0.4, 0.5) is 0 Å². The number of hydrogen-bond acceptors (Lipinski definition) is 4. The van der Waals surface area contributed by atoms with Crippen LogP contribution in [0, 0.1) is 13.8 Å². The molecule has 0 aliphatic heterocycles. The summed E-state index contributed by atoms with van der Waals surface area (Å²) in [4.78, 5) is 16.3. The van der Waals surface area contributed by atoms with Gasteiger partial charge in [0.05, 0.1) is 17.6 Å². The summed E-state index contributed by atoms with van der Waals surface area (Å²) in [7, 11) is 1.52. The number of fused-ring (bicyclic) bond motifs is 1. The Bertz CT molecular complexity index is 981. The van der Waals surface area contributed by atoms with Gasteiger partial charge in [-0.25, -0.2) is 4.98 Å². The summed E-state index contributed by atoms with van der Waals surface area (Å²) in [5, 5.41) is 2.87. The summed E-state index contributed by atoms with van der Waals surface area (Å²) in [6, 6.07) is 14.5. The van der Waals surface area contributed by atoms with E-state index in [1.807, 2.05) is 24.3 Å². The van der Waals surface area contributed by atoms with Gasteiger partial charge >= 0.3 is 0 Å². The molecular formula is C24H31N3O3. The van der Waals surface area contributed by atoms with E-state index in [-0.39, 0.29) is 12.5 Å². The maximum atomic E-state index is 11.5. The molecule has 3 rings (SSSR count). The van der Waals surface area contributed by atoms with Crippen molar-refractivity contribution in [2.24, 2.45) is 0 Å². The molecule has 0 radical (unpaired) electrons. The van der Waals surface area contributed by atoms with Crippen molar-refractivity contribution in [3.05, 3.63) is 59.4 Å². The molecule has 0 unspecified atom stereocenters. The van der Waals surface area contributed by atoms with Gasteiger partial charge < -0.3 is 19.4 Å². The van der Waals surface area contributed by atoms with Crippen LogP contribution in [0.25, 0.3) is 11.0 Å². The summed E-state index contributed by atoms with van der Waals surface area (Å²) < 4.78 is 13.1. The predicted molar refractivity (Wildman–Crippen MR) is 119 cm³/mol. The largest absolute Gasteiger partial charge is 0.493 e. The van der Waals surface area contributed by atoms with Crippen molar-refractivity contribution in [2.45, 2.75) is 39.7 Å². The lowest BCUT2D eigenvalue weighted by Gasteiger charge is -2.12. The van der Waals surface area contributed by atoms with E-state index in [2.05, 4.69) is 41.9 Å². The fourth-order valence-electron chi connectivity index (χ4n) is 3.59. The highest BCUT2D eigenvalue weighted by Gasteiger charge is 2.10. The summed E-state index contributed by atoms with van der Waals surface area (Å²) in [6.07, 6.45) is 2.53. The summed E-state index contributed by atoms with van der Waals surface area (Å²) in [5.41, 5.74) is 4.56. The molecule has 1 N–H and O–H groups in total. The van der Waals surface area contributed by atoms with Crippen LogP contribution in [0.5, 0.6) is 5.75 Å². The molecule has 0 fully saturated rings. The van der Waals surface area contributed by atoms with Gasteiger partial charge in [0.25, 0.3) is 0 Å². The second kappa shape index (κ2) is 10.8. The van der Waals surface area contributed by atoms with Gasteiger partial charge in [-0.1, -0.05) is 29.8 Å². The standard InChI is InChI=1S/C24H31N3O3/c1-18-11-12-22(19(2)16-18)30-15-7-14-27-21-9-5-4-8-20(21)26-23(27)10-6-13-25-24(28)17-29-3/h4-5,8-9,11-12,16H,6-7,10,13-15,17H2,1-3H3,(H,25,28). The van der Waals surface area contributed by atoms with Gasteiger partial charge in [0.2, 0.25) is 5.91 Å². The summed E-state index contributed by atoms with van der Waals surface area (Å²) in [5.74, 6) is 1.90. The molecular weight excluding hydrogens is 378 g/mol. The van der Waals surface area contributed by atoms with Crippen LogP contribution in [0.2, 0.25) is 0 Å². The second-order valence-electron chi connectivity index (χ2n) is 7.53. The Morgan fingerprint density at radius 2 is 1.97 bits per heavy atom. The highest BCUT2D eigenvalue weighted by Crippen LogP contribution is 2.20. The number of amides is 1. The lowest BCUT2D eigenvalue weighted by Crippen LogP contribution is -2.28. The third kappa shape index (κ3) is 5.83. The molecule has 2 aromatic carbocycles. The zero-order chi connectivity index (χ0) is 21.3. The Kier molecular flexibility index (Phi) is 7.85. The average molecular weight is 410 g/mol. The van der Waals surface area contributed by atoms with Crippen LogP contribution < -0.4 is 10.1 Å². The molecule has 1 heterocycles. The Morgan fingerprint density at radius 1 is 1.13 bits per heavy atom. The lowest BCUT2D eigenvalue weighted by atomic mass is 10.1. The molecule has 0 aliphatic rings. The van der Waals surface area contributed by atoms with Crippen LogP contribution >= 0.6 is 0 Å². The van der Waals surface area contributed by atoms with Crippen molar-refractivity contribution < 1.29 is 14.3 Å². The third-order valence-corrected chi connectivity index (χ3v) is 5.02. The van der Waals surface area contributed by atoms with E-state index in [1.165, 1.54) is 18.2 Å². The van der Waals surface area contributed by atoms with Crippen molar-refractivity contribution in [1.82, 2.24) is 14.9 Å². The second-order valence-corrected chi connectivity index (χ2v) is 7.53. The van der Waals surface area contributed by atoms with Gasteiger partial charge in [-0.15, -0.1) is 0 Å². The average Bonchev–Trinajstić information content (AvgIpc) is 3.07. The maximum absolute atomic E-state index is 11.5. The quantitative estimate of drug-likeness (QED) is 0.489. The number of imidazole rings is 1. The number of para-hydroxylation sites is 2. The molecule has 0 bridgehead atoms. The molecule has 1 amide bonds. The number of nitrogens with one attached hydrogen (secondary N) is 1. The normalized spacial score (nSPS) is 11.0.